The van der Waals surface area contributed by atoms with Crippen molar-refractivity contribution in [3.63, 3.8) is 0 Å². The molecule has 12 aromatic carbocycles. The zero-order valence-corrected chi connectivity index (χ0v) is 54.4. The maximum Gasteiger partial charge on any atom is 0.488 e. The van der Waals surface area contributed by atoms with E-state index in [1.165, 1.54) is 144 Å². The first-order valence-electron chi connectivity index (χ1n) is 32.9. The molecule has 4 heterocycles. The summed E-state index contributed by atoms with van der Waals surface area (Å²) in [5.41, 5.74) is 28.7. The molecule has 0 fully saturated rings. The van der Waals surface area contributed by atoms with E-state index in [-0.39, 0.29) is 0 Å². The molecule has 0 atom stereocenters. The Kier molecular flexibility index (Phi) is 16.5. The van der Waals surface area contributed by atoms with Crippen LogP contribution < -0.4 is 5.46 Å². The van der Waals surface area contributed by atoms with Crippen LogP contribution in [0.15, 0.2) is 297 Å². The average Bonchev–Trinajstić information content (AvgIpc) is 1.58. The van der Waals surface area contributed by atoms with Gasteiger partial charge in [0.2, 0.25) is 0 Å². The second-order valence-electron chi connectivity index (χ2n) is 24.9. The first-order valence-corrected chi connectivity index (χ1v) is 33.7. The Balaban J connectivity index is 0.000000128. The van der Waals surface area contributed by atoms with Gasteiger partial charge in [-0.1, -0.05) is 204 Å². The largest absolute Gasteiger partial charge is 0.488 e. The van der Waals surface area contributed by atoms with E-state index >= 15 is 0 Å². The third-order valence-electron chi connectivity index (χ3n) is 19.1. The summed E-state index contributed by atoms with van der Waals surface area (Å²) in [5, 5.41) is 31.1. The lowest BCUT2D eigenvalue weighted by Gasteiger charge is -2.18. The van der Waals surface area contributed by atoms with E-state index in [4.69, 9.17) is 10.0 Å². The van der Waals surface area contributed by atoms with Crippen LogP contribution in [0, 0.1) is 0 Å². The number of rotatable bonds is 8. The smallest absolute Gasteiger partial charge is 0.423 e. The molecule has 0 spiro atoms. The van der Waals surface area contributed by atoms with Crippen molar-refractivity contribution in [2.24, 2.45) is 0 Å². The van der Waals surface area contributed by atoms with Crippen LogP contribution in [0.3, 0.4) is 0 Å². The molecule has 16 aromatic rings. The van der Waals surface area contributed by atoms with E-state index in [2.05, 4.69) is 288 Å². The lowest BCUT2D eigenvalue weighted by atomic mass is 9.80. The van der Waals surface area contributed by atoms with Crippen LogP contribution >= 0.6 is 15.9 Å². The maximum absolute atomic E-state index is 8.87. The normalized spacial score (nSPS) is 12.6. The van der Waals surface area contributed by atoms with Gasteiger partial charge in [0.15, 0.2) is 0 Å². The standard InChI is InChI=1S/C42H32N4.C34H26BrN.C8H8BN3O2/c1-3-7-41-37(5-1)38-6-2-4-8-42(38)46(41)36-23-19-34(20-24-36)40-26-30-10-14-31-13-9-29(11-15-32(40)16-12-30)25-39(31)33-17-21-35(22-18-33)45-28-43-27-44-45;35-32-22-24-10-14-25-13-9-23(11-15-27(32)16-12-24)21-31(25)26-17-19-28(20-18-26)36-33-7-3-1-5-29(33)30-6-2-4-8-34(30)36;13-9(14)7-1-3-8(4-2-7)12-6-10-5-11-12/h1-9,12-13,16-28H,10-11,14-15H2;1-9,12-13,16-22H,10-11,14-15H2;1-6,13-14H. The highest BCUT2D eigenvalue weighted by Crippen LogP contribution is 2.38. The van der Waals surface area contributed by atoms with Crippen molar-refractivity contribution >= 4 is 72.1 Å². The van der Waals surface area contributed by atoms with E-state index in [1.54, 1.807) is 52.6 Å². The van der Waals surface area contributed by atoms with Crippen LogP contribution in [0.1, 0.15) is 44.5 Å². The lowest BCUT2D eigenvalue weighted by molar-refractivity contribution is 0.426. The molecule has 0 amide bonds. The van der Waals surface area contributed by atoms with Gasteiger partial charge in [0.05, 0.1) is 33.4 Å². The molecule has 8 aliphatic carbocycles. The number of hydrogen-bond donors (Lipinski definition) is 2. The quantitative estimate of drug-likeness (QED) is 0.147. The number of halogens is 1. The summed E-state index contributed by atoms with van der Waals surface area (Å²) in [6.45, 7) is 0. The molecule has 0 aliphatic heterocycles. The number of aryl methyl sites for hydroxylation is 8. The van der Waals surface area contributed by atoms with Crippen molar-refractivity contribution < 1.29 is 10.0 Å². The van der Waals surface area contributed by atoms with Gasteiger partial charge in [0.1, 0.15) is 25.3 Å². The third kappa shape index (κ3) is 12.1. The molecular weight excluding hydrogens is 1240 g/mol. The van der Waals surface area contributed by atoms with Crippen molar-refractivity contribution in [1.29, 1.82) is 0 Å². The highest BCUT2D eigenvalue weighted by atomic mass is 79.9. The zero-order chi connectivity index (χ0) is 64.5. The van der Waals surface area contributed by atoms with Gasteiger partial charge in [-0.25, -0.2) is 19.3 Å². The minimum atomic E-state index is -1.43. The summed E-state index contributed by atoms with van der Waals surface area (Å²) >= 11 is 3.79. The average molecular weight is 1310 g/mol. The summed E-state index contributed by atoms with van der Waals surface area (Å²) in [7, 11) is -1.43. The summed E-state index contributed by atoms with van der Waals surface area (Å²) in [6, 6.07) is 96.8. The Morgan fingerprint density at radius 3 is 0.958 bits per heavy atom. The molecule has 0 saturated heterocycles. The number of para-hydroxylation sites is 4. The zero-order valence-electron chi connectivity index (χ0n) is 52.8. The molecule has 0 saturated carbocycles. The number of hydrogen-bond acceptors (Lipinski definition) is 6. The number of benzene rings is 12. The highest BCUT2D eigenvalue weighted by molar-refractivity contribution is 9.10. The van der Waals surface area contributed by atoms with Crippen molar-refractivity contribution in [2.45, 2.75) is 51.4 Å². The molecule has 8 bridgehead atoms. The molecule has 4 aromatic heterocycles. The summed E-state index contributed by atoms with van der Waals surface area (Å²) in [4.78, 5) is 7.90. The first-order chi connectivity index (χ1) is 47.3. The van der Waals surface area contributed by atoms with Crippen LogP contribution in [0.2, 0.25) is 0 Å². The fourth-order valence-electron chi connectivity index (χ4n) is 14.1. The van der Waals surface area contributed by atoms with E-state index in [9.17, 15) is 0 Å². The minimum absolute atomic E-state index is 0.453. The maximum atomic E-state index is 8.87. The van der Waals surface area contributed by atoms with E-state index in [1.807, 2.05) is 0 Å². The SMILES string of the molecule is Brc1cc2ccc1CCc1ccc(c(-c3ccc(-n4c5ccccc5c5ccccc54)cc3)c1)CC2.OB(O)c1ccc(-n2cncn2)cc1.c1ccc2c(c1)c1ccccc1n2-c1ccc(-c2cc3ccc2CCc2ccc(c(-c4ccc(-n5cncn5)cc4)c2)CC3)cc1. The van der Waals surface area contributed by atoms with Gasteiger partial charge in [-0.05, 0) is 214 Å². The molecule has 8 aliphatic rings. The van der Waals surface area contributed by atoms with Gasteiger partial charge in [-0.3, -0.25) is 0 Å². The van der Waals surface area contributed by atoms with Crippen LogP contribution in [0.5, 0.6) is 0 Å². The predicted octanol–water partition coefficient (Wildman–Crippen LogP) is 17.6. The molecule has 464 valence electrons. The fraction of sp³-hybridized carbons (Fsp3) is 0.0952. The number of fused-ring (bicyclic) bond motifs is 6. The number of aromatic nitrogens is 8. The van der Waals surface area contributed by atoms with Gasteiger partial charge >= 0.3 is 7.12 Å². The third-order valence-corrected chi connectivity index (χ3v) is 19.9. The first kappa shape index (κ1) is 60.0. The van der Waals surface area contributed by atoms with Crippen molar-refractivity contribution in [3.8, 4) is 56.1 Å². The van der Waals surface area contributed by atoms with Gasteiger partial charge in [0, 0.05) is 37.4 Å². The molecular formula is C84H66BBrN8O2. The van der Waals surface area contributed by atoms with Gasteiger partial charge < -0.3 is 19.2 Å². The second-order valence-corrected chi connectivity index (χ2v) is 25.8. The van der Waals surface area contributed by atoms with E-state index < -0.39 is 7.12 Å². The topological polar surface area (TPSA) is 112 Å². The van der Waals surface area contributed by atoms with Crippen LogP contribution in [0.4, 0.5) is 0 Å². The molecule has 0 radical (unpaired) electrons. The Bertz CT molecular complexity index is 5340. The van der Waals surface area contributed by atoms with Gasteiger partial charge in [-0.2, -0.15) is 10.2 Å². The molecule has 24 rings (SSSR count). The highest BCUT2D eigenvalue weighted by Gasteiger charge is 2.19. The molecule has 12 heteroatoms. The van der Waals surface area contributed by atoms with Crippen LogP contribution in [-0.4, -0.2) is 55.8 Å². The van der Waals surface area contributed by atoms with Crippen LogP contribution in [0.25, 0.3) is 99.7 Å². The summed E-state index contributed by atoms with van der Waals surface area (Å²) in [6.07, 6.45) is 14.5. The molecule has 2 N–H and O–H groups in total. The fourth-order valence-corrected chi connectivity index (χ4v) is 14.7. The molecule has 0 unspecified atom stereocenters. The van der Waals surface area contributed by atoms with E-state index in [0.717, 1.165) is 62.7 Å². The monoisotopic (exact) mass is 1310 g/mol. The Morgan fingerprint density at radius 1 is 0.312 bits per heavy atom. The molecule has 10 nitrogen and oxygen atoms in total. The van der Waals surface area contributed by atoms with Gasteiger partial charge in [-0.15, -0.1) is 0 Å². The molecule has 96 heavy (non-hydrogen) atoms. The van der Waals surface area contributed by atoms with Crippen molar-refractivity contribution in [3.05, 3.63) is 341 Å². The summed E-state index contributed by atoms with van der Waals surface area (Å²) in [5.74, 6) is 0. The Morgan fingerprint density at radius 2 is 0.625 bits per heavy atom. The van der Waals surface area contributed by atoms with Crippen LogP contribution in [-0.2, 0) is 51.4 Å². The Labute approximate surface area is 566 Å². The number of nitrogens with zero attached hydrogens (tertiary/aromatic N) is 8. The predicted molar refractivity (Wildman–Crippen MR) is 394 cm³/mol. The van der Waals surface area contributed by atoms with E-state index in [0.29, 0.717) is 5.46 Å². The lowest BCUT2D eigenvalue weighted by Crippen LogP contribution is -2.29. The minimum Gasteiger partial charge on any atom is -0.423 e. The second kappa shape index (κ2) is 26.4. The van der Waals surface area contributed by atoms with Crippen molar-refractivity contribution in [2.75, 3.05) is 0 Å². The Hall–Kier alpha value is -11.0. The van der Waals surface area contributed by atoms with Crippen molar-refractivity contribution in [1.82, 2.24) is 38.7 Å². The summed E-state index contributed by atoms with van der Waals surface area (Å²) < 4.78 is 9.41. The van der Waals surface area contributed by atoms with Gasteiger partial charge in [0.25, 0.3) is 0 Å².